The molecule has 0 saturated carbocycles. The first kappa shape index (κ1) is 15.0. The minimum Gasteiger partial charge on any atom is -0.490 e. The molecule has 0 spiro atoms. The van der Waals surface area contributed by atoms with E-state index < -0.39 is 0 Å². The topological polar surface area (TPSA) is 43.3 Å². The highest BCUT2D eigenvalue weighted by Gasteiger charge is 2.22. The van der Waals surface area contributed by atoms with Gasteiger partial charge in [-0.05, 0) is 35.9 Å². The molecule has 24 heavy (non-hydrogen) atoms. The molecule has 0 fully saturated rings. The summed E-state index contributed by atoms with van der Waals surface area (Å²) in [5.41, 5.74) is 2.07. The number of rotatable bonds is 3. The Bertz CT molecular complexity index is 952. The van der Waals surface area contributed by atoms with Gasteiger partial charge in [-0.25, -0.2) is 4.39 Å². The van der Waals surface area contributed by atoms with Crippen LogP contribution in [0.3, 0.4) is 0 Å². The predicted molar refractivity (Wildman–Crippen MR) is 90.0 cm³/mol. The van der Waals surface area contributed by atoms with Gasteiger partial charge in [0.05, 0.1) is 17.1 Å². The molecule has 3 aromatic rings. The maximum Gasteiger partial charge on any atom is 0.268 e. The van der Waals surface area contributed by atoms with E-state index in [2.05, 4.69) is 5.32 Å². The molecule has 122 valence electrons. The number of hydrogen-bond acceptors (Lipinski definition) is 2. The number of aromatic nitrogens is 1. The van der Waals surface area contributed by atoms with E-state index in [1.165, 1.54) is 12.1 Å². The average Bonchev–Trinajstić information content (AvgIpc) is 2.98. The third kappa shape index (κ3) is 2.51. The first-order valence-electron chi connectivity index (χ1n) is 7.60. The van der Waals surface area contributed by atoms with Crippen LogP contribution in [0.5, 0.6) is 5.75 Å². The normalized spacial score (nSPS) is 12.9. The second kappa shape index (κ2) is 5.83. The summed E-state index contributed by atoms with van der Waals surface area (Å²) in [6, 6.07) is 11.5. The number of amides is 1. The van der Waals surface area contributed by atoms with E-state index in [1.54, 1.807) is 24.3 Å². The average molecular weight is 345 g/mol. The lowest BCUT2D eigenvalue weighted by atomic mass is 10.2. The lowest BCUT2D eigenvalue weighted by molar-refractivity contribution is 0.0940. The zero-order valence-electron chi connectivity index (χ0n) is 12.7. The van der Waals surface area contributed by atoms with Gasteiger partial charge in [-0.2, -0.15) is 0 Å². The Morgan fingerprint density at radius 1 is 1.29 bits per heavy atom. The number of carbonyl (C=O) groups is 1. The predicted octanol–water partition coefficient (Wildman–Crippen LogP) is 3.76. The molecular weight excluding hydrogens is 331 g/mol. The maximum absolute atomic E-state index is 13.2. The second-order valence-corrected chi connectivity index (χ2v) is 6.06. The minimum absolute atomic E-state index is 0.223. The van der Waals surface area contributed by atoms with Gasteiger partial charge in [0.1, 0.15) is 23.9 Å². The van der Waals surface area contributed by atoms with Crippen molar-refractivity contribution in [1.82, 2.24) is 9.88 Å². The molecule has 0 bridgehead atoms. The van der Waals surface area contributed by atoms with Crippen molar-refractivity contribution in [2.45, 2.75) is 13.1 Å². The van der Waals surface area contributed by atoms with Gasteiger partial charge < -0.3 is 14.6 Å². The summed E-state index contributed by atoms with van der Waals surface area (Å²) >= 11 is 6.25. The van der Waals surface area contributed by atoms with Crippen LogP contribution in [0.1, 0.15) is 16.1 Å². The molecule has 0 atom stereocenters. The molecule has 1 aromatic heterocycles. The zero-order chi connectivity index (χ0) is 16.7. The van der Waals surface area contributed by atoms with Crippen LogP contribution in [0.25, 0.3) is 10.9 Å². The van der Waals surface area contributed by atoms with Crippen LogP contribution in [0.15, 0.2) is 42.5 Å². The van der Waals surface area contributed by atoms with Crippen molar-refractivity contribution >= 4 is 28.4 Å². The number of hydrogen-bond donors (Lipinski definition) is 1. The number of ether oxygens (including phenoxy) is 1. The van der Waals surface area contributed by atoms with Crippen LogP contribution in [0, 0.1) is 5.82 Å². The molecular formula is C18H14ClFN2O2. The SMILES string of the molecule is O=C(NCc1cccc(F)c1)c1cc2c(Cl)ccc3c2n1CCO3. The van der Waals surface area contributed by atoms with Crippen molar-refractivity contribution in [2.24, 2.45) is 0 Å². The molecule has 1 amide bonds. The summed E-state index contributed by atoms with van der Waals surface area (Å²) in [7, 11) is 0. The fourth-order valence-corrected chi connectivity index (χ4v) is 3.22. The van der Waals surface area contributed by atoms with Crippen LogP contribution >= 0.6 is 11.6 Å². The highest BCUT2D eigenvalue weighted by molar-refractivity contribution is 6.36. The fraction of sp³-hybridized carbons (Fsp3) is 0.167. The van der Waals surface area contributed by atoms with E-state index in [1.807, 2.05) is 10.6 Å². The highest BCUT2D eigenvalue weighted by Crippen LogP contribution is 2.36. The Kier molecular flexibility index (Phi) is 3.65. The zero-order valence-corrected chi connectivity index (χ0v) is 13.4. The Hall–Kier alpha value is -2.53. The maximum atomic E-state index is 13.2. The van der Waals surface area contributed by atoms with Crippen molar-refractivity contribution in [2.75, 3.05) is 6.61 Å². The molecule has 2 aromatic carbocycles. The number of nitrogens with one attached hydrogen (secondary N) is 1. The summed E-state index contributed by atoms with van der Waals surface area (Å²) in [5.74, 6) is 0.183. The largest absolute Gasteiger partial charge is 0.490 e. The van der Waals surface area contributed by atoms with Crippen molar-refractivity contribution in [1.29, 1.82) is 0 Å². The highest BCUT2D eigenvalue weighted by atomic mass is 35.5. The summed E-state index contributed by atoms with van der Waals surface area (Å²) in [6.45, 7) is 1.34. The van der Waals surface area contributed by atoms with Crippen LogP contribution in [-0.2, 0) is 13.1 Å². The molecule has 0 radical (unpaired) electrons. The molecule has 0 unspecified atom stereocenters. The Labute approximate surface area is 142 Å². The minimum atomic E-state index is -0.321. The standard InChI is InChI=1S/C18H14ClFN2O2/c19-14-4-5-16-17-13(14)9-15(22(17)6-7-24-16)18(23)21-10-11-2-1-3-12(20)8-11/h1-5,8-9H,6-7,10H2,(H,21,23). The van der Waals surface area contributed by atoms with Gasteiger partial charge in [-0.15, -0.1) is 0 Å². The molecule has 4 rings (SSSR count). The first-order chi connectivity index (χ1) is 11.6. The molecule has 1 aliphatic rings. The third-order valence-electron chi connectivity index (χ3n) is 4.12. The molecule has 0 aliphatic carbocycles. The van der Waals surface area contributed by atoms with Gasteiger partial charge in [0.25, 0.3) is 5.91 Å². The van der Waals surface area contributed by atoms with Crippen LogP contribution in [0.4, 0.5) is 4.39 Å². The molecule has 1 N–H and O–H groups in total. The van der Waals surface area contributed by atoms with Gasteiger partial charge in [-0.3, -0.25) is 4.79 Å². The first-order valence-corrected chi connectivity index (χ1v) is 7.98. The number of nitrogens with zero attached hydrogens (tertiary/aromatic N) is 1. The summed E-state index contributed by atoms with van der Waals surface area (Å²) < 4.78 is 20.8. The number of halogens is 2. The molecule has 1 aliphatic heterocycles. The van der Waals surface area contributed by atoms with Gasteiger partial charge in [0.15, 0.2) is 0 Å². The smallest absolute Gasteiger partial charge is 0.268 e. The van der Waals surface area contributed by atoms with Crippen LogP contribution in [-0.4, -0.2) is 17.1 Å². The van der Waals surface area contributed by atoms with Crippen molar-refractivity contribution < 1.29 is 13.9 Å². The van der Waals surface area contributed by atoms with Crippen LogP contribution in [0.2, 0.25) is 5.02 Å². The van der Waals surface area contributed by atoms with E-state index >= 15 is 0 Å². The van der Waals surface area contributed by atoms with Gasteiger partial charge in [0, 0.05) is 11.9 Å². The van der Waals surface area contributed by atoms with E-state index in [9.17, 15) is 9.18 Å². The summed E-state index contributed by atoms with van der Waals surface area (Å²) in [5, 5.41) is 4.21. The van der Waals surface area contributed by atoms with Crippen molar-refractivity contribution in [3.05, 3.63) is 64.6 Å². The molecule has 0 saturated heterocycles. The van der Waals surface area contributed by atoms with E-state index in [4.69, 9.17) is 16.3 Å². The Morgan fingerprint density at radius 3 is 3.00 bits per heavy atom. The third-order valence-corrected chi connectivity index (χ3v) is 4.45. The van der Waals surface area contributed by atoms with Crippen molar-refractivity contribution in [3.8, 4) is 5.75 Å². The number of benzene rings is 2. The van der Waals surface area contributed by atoms with Gasteiger partial charge >= 0.3 is 0 Å². The second-order valence-electron chi connectivity index (χ2n) is 5.65. The van der Waals surface area contributed by atoms with Gasteiger partial charge in [-0.1, -0.05) is 23.7 Å². The Balaban J connectivity index is 1.65. The van der Waals surface area contributed by atoms with Crippen molar-refractivity contribution in [3.63, 3.8) is 0 Å². The molecule has 4 nitrogen and oxygen atoms in total. The number of carbonyl (C=O) groups excluding carboxylic acids is 1. The molecule has 2 heterocycles. The molecule has 6 heteroatoms. The quantitative estimate of drug-likeness (QED) is 0.786. The summed E-state index contributed by atoms with van der Waals surface area (Å²) in [6.07, 6.45) is 0. The lowest BCUT2D eigenvalue weighted by Gasteiger charge is -2.19. The summed E-state index contributed by atoms with van der Waals surface area (Å²) in [4.78, 5) is 12.6. The Morgan fingerprint density at radius 2 is 2.17 bits per heavy atom. The fourth-order valence-electron chi connectivity index (χ4n) is 3.02. The monoisotopic (exact) mass is 344 g/mol. The van der Waals surface area contributed by atoms with E-state index in [0.29, 0.717) is 29.4 Å². The van der Waals surface area contributed by atoms with E-state index in [0.717, 1.165) is 16.7 Å². The van der Waals surface area contributed by atoms with Crippen LogP contribution < -0.4 is 10.1 Å². The van der Waals surface area contributed by atoms with Gasteiger partial charge in [0.2, 0.25) is 0 Å². The van der Waals surface area contributed by atoms with E-state index in [-0.39, 0.29) is 18.3 Å². The lowest BCUT2D eigenvalue weighted by Crippen LogP contribution is -2.27.